The second-order valence-electron chi connectivity index (χ2n) is 10.7. The molecule has 0 spiro atoms. The van der Waals surface area contributed by atoms with E-state index in [0.717, 1.165) is 11.8 Å². The SMILES string of the molecule is CCSC(=O)Nc1cc(N(C)C)c2c(c1O)C(=O)C1C(=O)[C@@]3(O)C(=O)C(C(N)=O)C(=O)[C@H](N(C)C)[C@H]3C[C@H]1C2. The summed E-state index contributed by atoms with van der Waals surface area (Å²) in [6.45, 7) is 1.78. The molecule has 4 rings (SSSR count). The van der Waals surface area contributed by atoms with E-state index in [4.69, 9.17) is 5.73 Å². The number of amides is 2. The molecule has 210 valence electrons. The van der Waals surface area contributed by atoms with Crippen LogP contribution in [0.1, 0.15) is 29.3 Å². The number of thioether (sulfide) groups is 1. The Kier molecular flexibility index (Phi) is 7.38. The van der Waals surface area contributed by atoms with Gasteiger partial charge in [-0.05, 0) is 50.2 Å². The molecule has 0 aliphatic heterocycles. The topological polar surface area (TPSA) is 187 Å². The zero-order valence-corrected chi connectivity index (χ0v) is 23.1. The summed E-state index contributed by atoms with van der Waals surface area (Å²) in [6.07, 6.45) is 0.0913. The van der Waals surface area contributed by atoms with Crippen molar-refractivity contribution in [2.45, 2.75) is 31.4 Å². The van der Waals surface area contributed by atoms with Gasteiger partial charge in [-0.15, -0.1) is 0 Å². The first-order chi connectivity index (χ1) is 18.2. The Labute approximate surface area is 229 Å². The van der Waals surface area contributed by atoms with Crippen LogP contribution in [-0.4, -0.2) is 95.0 Å². The molecule has 1 aromatic carbocycles. The molecule has 1 aromatic rings. The van der Waals surface area contributed by atoms with Gasteiger partial charge in [-0.1, -0.05) is 18.7 Å². The quantitative estimate of drug-likeness (QED) is 0.285. The highest BCUT2D eigenvalue weighted by Crippen LogP contribution is 2.52. The van der Waals surface area contributed by atoms with Crippen molar-refractivity contribution in [1.29, 1.82) is 0 Å². The van der Waals surface area contributed by atoms with Crippen LogP contribution < -0.4 is 16.0 Å². The average molecular weight is 561 g/mol. The minimum Gasteiger partial charge on any atom is -0.505 e. The molecule has 2 amide bonds. The maximum absolute atomic E-state index is 13.9. The van der Waals surface area contributed by atoms with E-state index in [1.54, 1.807) is 32.0 Å². The number of hydrogen-bond acceptors (Lipinski definition) is 11. The second kappa shape index (κ2) is 10.0. The van der Waals surface area contributed by atoms with Crippen molar-refractivity contribution in [3.8, 4) is 5.75 Å². The lowest BCUT2D eigenvalue weighted by atomic mass is 9.52. The van der Waals surface area contributed by atoms with E-state index in [2.05, 4.69) is 5.32 Å². The van der Waals surface area contributed by atoms with Crippen LogP contribution in [0.3, 0.4) is 0 Å². The Hall–Kier alpha value is -3.29. The number of phenolic OH excluding ortho intramolecular Hbond substituents is 1. The maximum Gasteiger partial charge on any atom is 0.283 e. The molecule has 0 heterocycles. The number of carbonyl (C=O) groups excluding carboxylic acids is 6. The summed E-state index contributed by atoms with van der Waals surface area (Å²) in [5.41, 5.74) is 3.34. The average Bonchev–Trinajstić information content (AvgIpc) is 2.82. The van der Waals surface area contributed by atoms with Gasteiger partial charge in [0.05, 0.1) is 23.2 Å². The number of aliphatic hydroxyl groups is 1. The van der Waals surface area contributed by atoms with Gasteiger partial charge in [0.25, 0.3) is 5.24 Å². The van der Waals surface area contributed by atoms with E-state index in [1.807, 2.05) is 0 Å². The molecule has 12 nitrogen and oxygen atoms in total. The lowest BCUT2D eigenvalue weighted by molar-refractivity contribution is -0.181. The molecule has 0 radical (unpaired) electrons. The van der Waals surface area contributed by atoms with Crippen LogP contribution in [0.5, 0.6) is 5.75 Å². The number of phenols is 1. The number of carbonyl (C=O) groups is 6. The van der Waals surface area contributed by atoms with E-state index in [1.165, 1.54) is 19.0 Å². The van der Waals surface area contributed by atoms with Crippen molar-refractivity contribution >= 4 is 57.4 Å². The van der Waals surface area contributed by atoms with Crippen molar-refractivity contribution in [3.63, 3.8) is 0 Å². The molecule has 0 bridgehead atoms. The number of hydrogen-bond donors (Lipinski definition) is 4. The summed E-state index contributed by atoms with van der Waals surface area (Å²) in [7, 11) is 6.52. The molecule has 3 aliphatic carbocycles. The van der Waals surface area contributed by atoms with Gasteiger partial charge >= 0.3 is 0 Å². The smallest absolute Gasteiger partial charge is 0.283 e. The number of Topliss-reactive ketones (excluding diaryl/α,β-unsaturated/α-hetero) is 4. The van der Waals surface area contributed by atoms with Crippen molar-refractivity contribution < 1.29 is 39.0 Å². The lowest BCUT2D eigenvalue weighted by Gasteiger charge is -2.52. The van der Waals surface area contributed by atoms with Crippen LogP contribution in [0.2, 0.25) is 0 Å². The first-order valence-corrected chi connectivity index (χ1v) is 13.5. The Balaban J connectivity index is 1.87. The Morgan fingerprint density at radius 2 is 1.79 bits per heavy atom. The van der Waals surface area contributed by atoms with Gasteiger partial charge in [0.2, 0.25) is 5.91 Å². The summed E-state index contributed by atoms with van der Waals surface area (Å²) in [5, 5.41) is 24.9. The van der Waals surface area contributed by atoms with Crippen LogP contribution in [0.4, 0.5) is 16.2 Å². The fourth-order valence-corrected chi connectivity index (χ4v) is 6.87. The highest BCUT2D eigenvalue weighted by Gasteiger charge is 2.69. The molecule has 0 saturated heterocycles. The third-order valence-corrected chi connectivity index (χ3v) is 8.68. The van der Waals surface area contributed by atoms with Gasteiger partial charge in [-0.2, -0.15) is 0 Å². The highest BCUT2D eigenvalue weighted by molar-refractivity contribution is 8.13. The minimum atomic E-state index is -2.79. The van der Waals surface area contributed by atoms with E-state index in [0.29, 0.717) is 17.0 Å². The number of likely N-dealkylation sites (N-methyl/N-ethyl adjacent to an activating group) is 1. The Morgan fingerprint density at radius 3 is 2.33 bits per heavy atom. The minimum absolute atomic E-state index is 0.0177. The van der Waals surface area contributed by atoms with Gasteiger partial charge in [0.1, 0.15) is 5.75 Å². The number of nitrogens with two attached hydrogens (primary N) is 1. The number of anilines is 2. The van der Waals surface area contributed by atoms with Gasteiger partial charge in [-0.3, -0.25) is 33.7 Å². The molecule has 0 aromatic heterocycles. The Morgan fingerprint density at radius 1 is 1.15 bits per heavy atom. The van der Waals surface area contributed by atoms with Crippen LogP contribution in [-0.2, 0) is 25.6 Å². The predicted octanol–water partition coefficient (Wildman–Crippen LogP) is 0.218. The zero-order chi connectivity index (χ0) is 29.1. The van der Waals surface area contributed by atoms with E-state index in [9.17, 15) is 39.0 Å². The predicted molar refractivity (Wildman–Crippen MR) is 143 cm³/mol. The number of nitrogens with one attached hydrogen (secondary N) is 1. The molecule has 2 fully saturated rings. The van der Waals surface area contributed by atoms with Crippen molar-refractivity contribution in [1.82, 2.24) is 4.90 Å². The molecule has 13 heteroatoms. The maximum atomic E-state index is 13.9. The highest BCUT2D eigenvalue weighted by atomic mass is 32.2. The molecule has 3 aliphatic rings. The molecular formula is C26H32N4O8S. The summed E-state index contributed by atoms with van der Waals surface area (Å²) >= 11 is 0.969. The van der Waals surface area contributed by atoms with Crippen molar-refractivity contribution in [3.05, 3.63) is 17.2 Å². The normalized spacial score (nSPS) is 30.0. The molecule has 2 unspecified atom stereocenters. The number of fused-ring (bicyclic) bond motifs is 3. The van der Waals surface area contributed by atoms with Crippen LogP contribution >= 0.6 is 11.8 Å². The third-order valence-electron chi connectivity index (χ3n) is 8.03. The van der Waals surface area contributed by atoms with Crippen LogP contribution in [0, 0.1) is 23.7 Å². The molecule has 2 saturated carbocycles. The summed E-state index contributed by atoms with van der Waals surface area (Å²) in [5.74, 6) is -10.8. The molecular weight excluding hydrogens is 528 g/mol. The van der Waals surface area contributed by atoms with E-state index in [-0.39, 0.29) is 24.1 Å². The number of aromatic hydroxyl groups is 1. The van der Waals surface area contributed by atoms with Gasteiger partial charge < -0.3 is 26.2 Å². The largest absolute Gasteiger partial charge is 0.505 e. The van der Waals surface area contributed by atoms with E-state index < -0.39 is 75.3 Å². The van der Waals surface area contributed by atoms with Crippen LogP contribution in [0.15, 0.2) is 6.07 Å². The first kappa shape index (κ1) is 28.7. The third kappa shape index (κ3) is 4.23. The summed E-state index contributed by atoms with van der Waals surface area (Å²) < 4.78 is 0. The number of benzene rings is 1. The second-order valence-corrected chi connectivity index (χ2v) is 11.9. The number of ketones is 4. The fourth-order valence-electron chi connectivity index (χ4n) is 6.42. The summed E-state index contributed by atoms with van der Waals surface area (Å²) in [4.78, 5) is 81.9. The van der Waals surface area contributed by atoms with Crippen molar-refractivity contribution in [2.75, 3.05) is 44.2 Å². The Bertz CT molecular complexity index is 1310. The fraction of sp³-hybridized carbons (Fsp3) is 0.538. The van der Waals surface area contributed by atoms with Crippen LogP contribution in [0.25, 0.3) is 0 Å². The lowest BCUT2D eigenvalue weighted by Crippen LogP contribution is -2.74. The number of nitrogens with zero attached hydrogens (tertiary/aromatic N) is 2. The van der Waals surface area contributed by atoms with Gasteiger partial charge in [0, 0.05) is 25.7 Å². The van der Waals surface area contributed by atoms with E-state index >= 15 is 0 Å². The molecule has 6 atom stereocenters. The summed E-state index contributed by atoms with van der Waals surface area (Å²) in [6, 6.07) is 0.381. The van der Waals surface area contributed by atoms with Crippen molar-refractivity contribution in [2.24, 2.45) is 29.4 Å². The first-order valence-electron chi connectivity index (χ1n) is 12.5. The number of rotatable bonds is 5. The monoisotopic (exact) mass is 560 g/mol. The van der Waals surface area contributed by atoms with Gasteiger partial charge in [-0.25, -0.2) is 0 Å². The zero-order valence-electron chi connectivity index (χ0n) is 22.3. The molecule has 39 heavy (non-hydrogen) atoms. The standard InChI is InChI=1S/C26H32N4O8S/c1-6-39-25(37)28-13-9-14(29(2)3)11-7-10-8-12-18(30(4)5)21(33)17(24(27)36)23(35)26(12,38)22(34)15(10)20(32)16(11)19(13)31/h9-10,12,15,17-18,31,38H,6-8H2,1-5H3,(H2,27,36)(H,28,37)/t10-,12-,15?,17?,18-,26-/m1/s1. The van der Waals surface area contributed by atoms with Gasteiger partial charge in [0.15, 0.2) is 34.7 Å². The number of primary amides is 1. The molecule has 5 N–H and O–H groups in total.